The predicted molar refractivity (Wildman–Crippen MR) is 138 cm³/mol. The molecule has 0 saturated heterocycles. The highest BCUT2D eigenvalue weighted by Gasteiger charge is 2.02. The summed E-state index contributed by atoms with van der Waals surface area (Å²) in [6.45, 7) is 8.06. The van der Waals surface area contributed by atoms with E-state index in [4.69, 9.17) is 28.4 Å². The molecule has 0 aliphatic rings. The van der Waals surface area contributed by atoms with Gasteiger partial charge in [0.15, 0.2) is 0 Å². The van der Waals surface area contributed by atoms with Crippen LogP contribution in [0.25, 0.3) is 0 Å². The van der Waals surface area contributed by atoms with E-state index >= 15 is 0 Å². The maximum atomic E-state index is 11.6. The number of hydrogen-bond acceptors (Lipinski definition) is 8. The van der Waals surface area contributed by atoms with E-state index in [9.17, 15) is 9.59 Å². The van der Waals surface area contributed by atoms with Gasteiger partial charge in [0.2, 0.25) is 5.91 Å². The Kier molecular flexibility index (Phi) is 20.5. The van der Waals surface area contributed by atoms with Crippen molar-refractivity contribution in [2.24, 2.45) is 0 Å². The number of anilines is 1. The molecule has 1 aromatic rings. The Labute approximate surface area is 216 Å². The quantitative estimate of drug-likeness (QED) is 0.161. The van der Waals surface area contributed by atoms with E-state index in [0.29, 0.717) is 65.9 Å². The lowest BCUT2D eigenvalue weighted by Gasteiger charge is -2.09. The molecule has 206 valence electrons. The third kappa shape index (κ3) is 20.0. The monoisotopic (exact) mass is 511 g/mol. The zero-order chi connectivity index (χ0) is 26.1. The van der Waals surface area contributed by atoms with Gasteiger partial charge in [-0.1, -0.05) is 39.0 Å². The molecule has 0 radical (unpaired) electrons. The first kappa shape index (κ1) is 31.8. The van der Waals surface area contributed by atoms with Gasteiger partial charge in [0.25, 0.3) is 0 Å². The van der Waals surface area contributed by atoms with Crippen molar-refractivity contribution in [3.8, 4) is 5.75 Å². The van der Waals surface area contributed by atoms with Crippen LogP contribution in [0, 0.1) is 0 Å². The van der Waals surface area contributed by atoms with Crippen molar-refractivity contribution in [3.63, 3.8) is 0 Å². The lowest BCUT2D eigenvalue weighted by atomic mass is 10.1. The second kappa shape index (κ2) is 23.2. The number of amides is 1. The SMILES string of the molecule is CCCCCCCCC(=O)OCCOCCOCCOCCOCCOc1ccc(NC(C)=O)cc1. The van der Waals surface area contributed by atoms with Crippen LogP contribution < -0.4 is 10.1 Å². The van der Waals surface area contributed by atoms with E-state index < -0.39 is 0 Å². The van der Waals surface area contributed by atoms with Crippen LogP contribution in [0.15, 0.2) is 24.3 Å². The van der Waals surface area contributed by atoms with E-state index in [-0.39, 0.29) is 18.5 Å². The highest BCUT2D eigenvalue weighted by atomic mass is 16.6. The minimum atomic E-state index is -0.145. The average Bonchev–Trinajstić information content (AvgIpc) is 2.86. The molecule has 0 atom stereocenters. The Hall–Kier alpha value is -2.20. The molecule has 9 nitrogen and oxygen atoms in total. The molecule has 0 fully saturated rings. The Morgan fingerprint density at radius 1 is 0.667 bits per heavy atom. The van der Waals surface area contributed by atoms with Crippen molar-refractivity contribution in [2.75, 3.05) is 71.4 Å². The van der Waals surface area contributed by atoms with Crippen LogP contribution in [0.5, 0.6) is 5.75 Å². The molecule has 36 heavy (non-hydrogen) atoms. The van der Waals surface area contributed by atoms with Crippen molar-refractivity contribution in [2.45, 2.75) is 58.8 Å². The van der Waals surface area contributed by atoms with Gasteiger partial charge in [-0.15, -0.1) is 0 Å². The Bertz CT molecular complexity index is 668. The lowest BCUT2D eigenvalue weighted by Crippen LogP contribution is -2.15. The predicted octanol–water partition coefficient (Wildman–Crippen LogP) is 4.38. The van der Waals surface area contributed by atoms with Crippen LogP contribution in [-0.4, -0.2) is 77.9 Å². The first-order valence-electron chi connectivity index (χ1n) is 13.1. The summed E-state index contributed by atoms with van der Waals surface area (Å²) in [7, 11) is 0. The van der Waals surface area contributed by atoms with Gasteiger partial charge in [-0.25, -0.2) is 0 Å². The second-order valence-electron chi connectivity index (χ2n) is 8.24. The standard InChI is InChI=1S/C27H45NO8/c1-3-4-5-6-7-8-9-27(30)36-23-21-34-19-17-32-15-14-31-16-18-33-20-22-35-26-12-10-25(11-13-26)28-24(2)29/h10-13H,3-9,14-23H2,1-2H3,(H,28,29). The average molecular weight is 512 g/mol. The third-order valence-corrected chi connectivity index (χ3v) is 5.01. The molecule has 1 aromatic carbocycles. The van der Waals surface area contributed by atoms with Crippen molar-refractivity contribution >= 4 is 17.6 Å². The summed E-state index contributed by atoms with van der Waals surface area (Å²) in [6.07, 6.45) is 7.43. The van der Waals surface area contributed by atoms with Crippen molar-refractivity contribution in [1.29, 1.82) is 0 Å². The summed E-state index contributed by atoms with van der Waals surface area (Å²) >= 11 is 0. The molecule has 0 aliphatic heterocycles. The number of carbonyl (C=O) groups is 2. The fraction of sp³-hybridized carbons (Fsp3) is 0.704. The van der Waals surface area contributed by atoms with Gasteiger partial charge in [-0.05, 0) is 30.7 Å². The van der Waals surface area contributed by atoms with Crippen LogP contribution in [-0.2, 0) is 33.3 Å². The van der Waals surface area contributed by atoms with Crippen molar-refractivity contribution < 1.29 is 38.0 Å². The van der Waals surface area contributed by atoms with Gasteiger partial charge in [-0.3, -0.25) is 9.59 Å². The van der Waals surface area contributed by atoms with E-state index in [1.54, 1.807) is 24.3 Å². The topological polar surface area (TPSA) is 102 Å². The summed E-state index contributed by atoms with van der Waals surface area (Å²) < 4.78 is 32.5. The Morgan fingerprint density at radius 3 is 1.72 bits per heavy atom. The minimum Gasteiger partial charge on any atom is -0.491 e. The lowest BCUT2D eigenvalue weighted by molar-refractivity contribution is -0.145. The highest BCUT2D eigenvalue weighted by molar-refractivity contribution is 5.88. The molecule has 0 saturated carbocycles. The maximum absolute atomic E-state index is 11.6. The van der Waals surface area contributed by atoms with E-state index in [2.05, 4.69) is 12.2 Å². The third-order valence-electron chi connectivity index (χ3n) is 5.01. The van der Waals surface area contributed by atoms with Crippen LogP contribution in [0.3, 0.4) is 0 Å². The number of nitrogens with one attached hydrogen (secondary N) is 1. The molecule has 1 N–H and O–H groups in total. The second-order valence-corrected chi connectivity index (χ2v) is 8.24. The van der Waals surface area contributed by atoms with Crippen molar-refractivity contribution in [1.82, 2.24) is 0 Å². The normalized spacial score (nSPS) is 10.8. The largest absolute Gasteiger partial charge is 0.491 e. The zero-order valence-corrected chi connectivity index (χ0v) is 22.1. The summed E-state index contributed by atoms with van der Waals surface area (Å²) in [5.41, 5.74) is 0.733. The molecule has 1 rings (SSSR count). The molecule has 0 aromatic heterocycles. The molecule has 0 aliphatic carbocycles. The molecule has 0 heterocycles. The molecule has 0 unspecified atom stereocenters. The molecular weight excluding hydrogens is 466 g/mol. The van der Waals surface area contributed by atoms with Gasteiger partial charge in [0, 0.05) is 19.0 Å². The fourth-order valence-electron chi connectivity index (χ4n) is 3.15. The number of esters is 1. The van der Waals surface area contributed by atoms with E-state index in [0.717, 1.165) is 24.3 Å². The van der Waals surface area contributed by atoms with E-state index in [1.165, 1.54) is 32.6 Å². The van der Waals surface area contributed by atoms with Gasteiger partial charge < -0.3 is 33.7 Å². The van der Waals surface area contributed by atoms with Gasteiger partial charge in [0.05, 0.1) is 52.9 Å². The van der Waals surface area contributed by atoms with E-state index in [1.807, 2.05) is 0 Å². The van der Waals surface area contributed by atoms with Gasteiger partial charge >= 0.3 is 5.97 Å². The van der Waals surface area contributed by atoms with Crippen LogP contribution in [0.4, 0.5) is 5.69 Å². The molecule has 9 heteroatoms. The molecule has 0 spiro atoms. The van der Waals surface area contributed by atoms with Crippen LogP contribution in [0.1, 0.15) is 58.8 Å². The number of ether oxygens (including phenoxy) is 6. The Morgan fingerprint density at radius 2 is 1.17 bits per heavy atom. The summed E-state index contributed by atoms with van der Waals surface area (Å²) in [6, 6.07) is 7.17. The molecule has 0 bridgehead atoms. The maximum Gasteiger partial charge on any atom is 0.305 e. The summed E-state index contributed by atoms with van der Waals surface area (Å²) in [4.78, 5) is 22.6. The zero-order valence-electron chi connectivity index (χ0n) is 22.1. The van der Waals surface area contributed by atoms with Crippen LogP contribution >= 0.6 is 0 Å². The number of rotatable bonds is 24. The Balaban J connectivity index is 1.77. The first-order chi connectivity index (χ1) is 17.6. The number of benzene rings is 1. The number of carbonyl (C=O) groups excluding carboxylic acids is 2. The summed E-state index contributed by atoms with van der Waals surface area (Å²) in [5.74, 6) is 0.466. The smallest absolute Gasteiger partial charge is 0.305 e. The highest BCUT2D eigenvalue weighted by Crippen LogP contribution is 2.15. The van der Waals surface area contributed by atoms with Gasteiger partial charge in [-0.2, -0.15) is 0 Å². The van der Waals surface area contributed by atoms with Crippen LogP contribution in [0.2, 0.25) is 0 Å². The summed E-state index contributed by atoms with van der Waals surface area (Å²) in [5, 5.41) is 2.70. The molecule has 1 amide bonds. The number of unbranched alkanes of at least 4 members (excludes halogenated alkanes) is 5. The fourth-order valence-corrected chi connectivity index (χ4v) is 3.15. The number of hydrogen-bond donors (Lipinski definition) is 1. The first-order valence-corrected chi connectivity index (χ1v) is 13.1. The molecular formula is C27H45NO8. The van der Waals surface area contributed by atoms with Crippen molar-refractivity contribution in [3.05, 3.63) is 24.3 Å². The minimum absolute atomic E-state index is 0.107. The van der Waals surface area contributed by atoms with Gasteiger partial charge in [0.1, 0.15) is 19.0 Å².